The van der Waals surface area contributed by atoms with Gasteiger partial charge in [0, 0.05) is 25.2 Å². The first-order valence-corrected chi connectivity index (χ1v) is 8.19. The van der Waals surface area contributed by atoms with Gasteiger partial charge < -0.3 is 9.47 Å². The van der Waals surface area contributed by atoms with Gasteiger partial charge in [-0.05, 0) is 18.6 Å². The lowest BCUT2D eigenvalue weighted by atomic mass is 10.1. The number of hydrogen-bond donors (Lipinski definition) is 0. The Morgan fingerprint density at radius 3 is 2.87 bits per heavy atom. The molecule has 1 aliphatic rings. The molecule has 2 heterocycles. The lowest BCUT2D eigenvalue weighted by molar-refractivity contribution is 0.0741. The fourth-order valence-electron chi connectivity index (χ4n) is 3.22. The maximum absolute atomic E-state index is 12.9. The third-order valence-electron chi connectivity index (χ3n) is 4.50. The number of carbonyl (C=O) groups excluding carboxylic acids is 1. The van der Waals surface area contributed by atoms with Crippen molar-refractivity contribution in [3.05, 3.63) is 58.4 Å². The van der Waals surface area contributed by atoms with Gasteiger partial charge in [0.2, 0.25) is 5.43 Å². The molecule has 1 aliphatic heterocycles. The molecule has 3 rings (SSSR count). The van der Waals surface area contributed by atoms with Gasteiger partial charge in [-0.2, -0.15) is 0 Å². The van der Waals surface area contributed by atoms with Crippen molar-refractivity contribution in [3.63, 3.8) is 0 Å². The maximum atomic E-state index is 12.9. The van der Waals surface area contributed by atoms with Crippen molar-refractivity contribution in [3.8, 4) is 0 Å². The average molecular weight is 310 g/mol. The zero-order chi connectivity index (χ0) is 16.4. The van der Waals surface area contributed by atoms with Crippen LogP contribution in [-0.2, 0) is 7.05 Å². The molecule has 120 valence electrons. The number of pyridine rings is 1. The van der Waals surface area contributed by atoms with Crippen LogP contribution in [0.15, 0.2) is 47.4 Å². The zero-order valence-corrected chi connectivity index (χ0v) is 13.7. The van der Waals surface area contributed by atoms with Crippen molar-refractivity contribution in [1.29, 1.82) is 0 Å². The Morgan fingerprint density at radius 2 is 2.09 bits per heavy atom. The number of nitrogens with zero attached hydrogens (tertiary/aromatic N) is 2. The van der Waals surface area contributed by atoms with E-state index < -0.39 is 0 Å². The van der Waals surface area contributed by atoms with Gasteiger partial charge in [-0.3, -0.25) is 9.59 Å². The van der Waals surface area contributed by atoms with E-state index in [1.54, 1.807) is 17.2 Å². The standard InChI is InChI=1S/C19H22N2O2/c1-3-4-8-14-9-7-12-21(14)19(23)16-13-20(2)17-11-6-5-10-15(17)18(16)22/h5-7,9-11,13-14H,3-4,8,12H2,1-2H3/t14-/m1/s1. The Balaban J connectivity index is 1.98. The molecule has 0 aliphatic carbocycles. The molecule has 0 fully saturated rings. The van der Waals surface area contributed by atoms with E-state index in [1.807, 2.05) is 35.9 Å². The molecule has 4 nitrogen and oxygen atoms in total. The largest absolute Gasteiger partial charge is 0.350 e. The third-order valence-corrected chi connectivity index (χ3v) is 4.50. The summed E-state index contributed by atoms with van der Waals surface area (Å²) in [5.41, 5.74) is 0.928. The minimum Gasteiger partial charge on any atom is -0.350 e. The second-order valence-electron chi connectivity index (χ2n) is 6.10. The molecule has 1 atom stereocenters. The zero-order valence-electron chi connectivity index (χ0n) is 13.7. The van der Waals surface area contributed by atoms with Gasteiger partial charge in [-0.25, -0.2) is 0 Å². The van der Waals surface area contributed by atoms with Gasteiger partial charge in [-0.1, -0.05) is 44.1 Å². The van der Waals surface area contributed by atoms with E-state index in [-0.39, 0.29) is 22.9 Å². The highest BCUT2D eigenvalue weighted by Gasteiger charge is 2.27. The van der Waals surface area contributed by atoms with E-state index in [0.717, 1.165) is 24.8 Å². The summed E-state index contributed by atoms with van der Waals surface area (Å²) in [7, 11) is 1.87. The van der Waals surface area contributed by atoms with Crippen LogP contribution in [0.3, 0.4) is 0 Å². The Bertz CT molecular complexity index is 820. The molecule has 1 aromatic carbocycles. The monoisotopic (exact) mass is 310 g/mol. The normalized spacial score (nSPS) is 17.1. The number of aromatic nitrogens is 1. The fourth-order valence-corrected chi connectivity index (χ4v) is 3.22. The first-order valence-electron chi connectivity index (χ1n) is 8.19. The Labute approximate surface area is 136 Å². The summed E-state index contributed by atoms with van der Waals surface area (Å²) in [5.74, 6) is -0.164. The molecule has 0 radical (unpaired) electrons. The summed E-state index contributed by atoms with van der Waals surface area (Å²) in [6.07, 6.45) is 8.90. The number of fused-ring (bicyclic) bond motifs is 1. The summed E-state index contributed by atoms with van der Waals surface area (Å²) in [5, 5.41) is 0.595. The Kier molecular flexibility index (Phi) is 4.33. The molecule has 0 saturated carbocycles. The number of rotatable bonds is 4. The van der Waals surface area contributed by atoms with Crippen molar-refractivity contribution in [2.75, 3.05) is 6.54 Å². The van der Waals surface area contributed by atoms with Gasteiger partial charge in [0.05, 0.1) is 11.6 Å². The first-order chi connectivity index (χ1) is 11.1. The molecule has 0 spiro atoms. The number of hydrogen-bond acceptors (Lipinski definition) is 2. The minimum atomic E-state index is -0.176. The number of amides is 1. The summed E-state index contributed by atoms with van der Waals surface area (Å²) < 4.78 is 1.86. The van der Waals surface area contributed by atoms with Gasteiger partial charge in [-0.15, -0.1) is 0 Å². The first kappa shape index (κ1) is 15.5. The van der Waals surface area contributed by atoms with Crippen molar-refractivity contribution in [1.82, 2.24) is 9.47 Å². The van der Waals surface area contributed by atoms with E-state index in [1.165, 1.54) is 0 Å². The van der Waals surface area contributed by atoms with E-state index in [2.05, 4.69) is 13.0 Å². The van der Waals surface area contributed by atoms with Crippen LogP contribution < -0.4 is 5.43 Å². The van der Waals surface area contributed by atoms with Crippen LogP contribution in [0.4, 0.5) is 0 Å². The van der Waals surface area contributed by atoms with Crippen molar-refractivity contribution < 1.29 is 4.79 Å². The van der Waals surface area contributed by atoms with Crippen LogP contribution in [-0.4, -0.2) is 28.0 Å². The number of carbonyl (C=O) groups is 1. The van der Waals surface area contributed by atoms with E-state index in [0.29, 0.717) is 11.9 Å². The molecular weight excluding hydrogens is 288 g/mol. The number of unbranched alkanes of at least 4 members (excludes halogenated alkanes) is 1. The summed E-state index contributed by atoms with van der Waals surface area (Å²) in [6.45, 7) is 2.73. The van der Waals surface area contributed by atoms with Crippen molar-refractivity contribution >= 4 is 16.8 Å². The molecule has 1 amide bonds. The molecule has 23 heavy (non-hydrogen) atoms. The second kappa shape index (κ2) is 6.41. The quantitative estimate of drug-likeness (QED) is 0.814. The van der Waals surface area contributed by atoms with Gasteiger partial charge in [0.15, 0.2) is 0 Å². The van der Waals surface area contributed by atoms with Gasteiger partial charge in [0.25, 0.3) is 5.91 Å². The predicted octanol–water partition coefficient (Wildman–Crippen LogP) is 3.11. The molecule has 2 aromatic rings. The number of benzene rings is 1. The number of para-hydroxylation sites is 1. The lowest BCUT2D eigenvalue weighted by Crippen LogP contribution is -2.38. The van der Waals surface area contributed by atoms with Crippen LogP contribution in [0.2, 0.25) is 0 Å². The predicted molar refractivity (Wildman–Crippen MR) is 92.7 cm³/mol. The van der Waals surface area contributed by atoms with Crippen molar-refractivity contribution in [2.45, 2.75) is 32.2 Å². The van der Waals surface area contributed by atoms with Crippen LogP contribution >= 0.6 is 0 Å². The molecule has 0 N–H and O–H groups in total. The molecule has 0 saturated heterocycles. The van der Waals surface area contributed by atoms with Crippen molar-refractivity contribution in [2.24, 2.45) is 7.05 Å². The number of aryl methyl sites for hydroxylation is 1. The fraction of sp³-hybridized carbons (Fsp3) is 0.368. The highest BCUT2D eigenvalue weighted by molar-refractivity contribution is 5.97. The van der Waals surface area contributed by atoms with Crippen LogP contribution in [0.5, 0.6) is 0 Å². The minimum absolute atomic E-state index is 0.110. The van der Waals surface area contributed by atoms with Crippen LogP contribution in [0.1, 0.15) is 36.5 Å². The highest BCUT2D eigenvalue weighted by Crippen LogP contribution is 2.19. The van der Waals surface area contributed by atoms with E-state index in [4.69, 9.17) is 0 Å². The summed E-state index contributed by atoms with van der Waals surface area (Å²) >= 11 is 0. The molecule has 0 bridgehead atoms. The second-order valence-corrected chi connectivity index (χ2v) is 6.10. The molecule has 0 unspecified atom stereocenters. The van der Waals surface area contributed by atoms with Crippen LogP contribution in [0.25, 0.3) is 10.9 Å². The highest BCUT2D eigenvalue weighted by atomic mass is 16.2. The molecular formula is C19H22N2O2. The topological polar surface area (TPSA) is 42.3 Å². The van der Waals surface area contributed by atoms with Gasteiger partial charge in [0.1, 0.15) is 5.56 Å². The van der Waals surface area contributed by atoms with Gasteiger partial charge >= 0.3 is 0 Å². The average Bonchev–Trinajstić information content (AvgIpc) is 3.04. The Hall–Kier alpha value is -2.36. The molecule has 4 heteroatoms. The van der Waals surface area contributed by atoms with E-state index >= 15 is 0 Å². The summed E-state index contributed by atoms with van der Waals surface area (Å²) in [4.78, 5) is 27.4. The van der Waals surface area contributed by atoms with Crippen LogP contribution in [0, 0.1) is 0 Å². The lowest BCUT2D eigenvalue weighted by Gasteiger charge is -2.24. The molecule has 1 aromatic heterocycles. The third kappa shape index (κ3) is 2.81. The van der Waals surface area contributed by atoms with E-state index in [9.17, 15) is 9.59 Å². The summed E-state index contributed by atoms with van der Waals surface area (Å²) in [6, 6.07) is 7.52. The smallest absolute Gasteiger partial charge is 0.260 e. The maximum Gasteiger partial charge on any atom is 0.260 e. The SMILES string of the molecule is CCCC[C@@H]1C=CCN1C(=O)c1cn(C)c2ccccc2c1=O. The Morgan fingerprint density at radius 1 is 1.30 bits per heavy atom.